The predicted molar refractivity (Wildman–Crippen MR) is 51.5 cm³/mol. The van der Waals surface area contributed by atoms with Gasteiger partial charge in [0.1, 0.15) is 0 Å². The number of hydrogen-bond donors (Lipinski definition) is 1. The molecule has 74 valence electrons. The summed E-state index contributed by atoms with van der Waals surface area (Å²) in [5.74, 6) is 0. The van der Waals surface area contributed by atoms with Crippen LogP contribution >= 0.6 is 0 Å². The molecule has 0 saturated heterocycles. The van der Waals surface area contributed by atoms with Gasteiger partial charge < -0.3 is 9.84 Å². The van der Waals surface area contributed by atoms with Gasteiger partial charge in [0.15, 0.2) is 0 Å². The lowest BCUT2D eigenvalue weighted by Crippen LogP contribution is -2.49. The summed E-state index contributed by atoms with van der Waals surface area (Å²) in [4.78, 5) is 0. The average Bonchev–Trinajstić information content (AvgIpc) is 2.14. The van der Waals surface area contributed by atoms with Crippen LogP contribution in [-0.4, -0.2) is 23.9 Å². The number of hydrogen-bond acceptors (Lipinski definition) is 2. The minimum Gasteiger partial charge on any atom is -0.385 e. The topological polar surface area (TPSA) is 29.5 Å². The maximum atomic E-state index is 10.2. The zero-order chi connectivity index (χ0) is 9.31. The number of methoxy groups -OCH3 is 1. The summed E-state index contributed by atoms with van der Waals surface area (Å²) in [6.07, 6.45) is 8.88. The molecule has 2 aliphatic rings. The quantitative estimate of drug-likeness (QED) is 0.662. The molecule has 0 spiro atoms. The molecule has 0 radical (unpaired) electrons. The molecule has 0 heterocycles. The van der Waals surface area contributed by atoms with E-state index >= 15 is 0 Å². The number of aliphatic hydroxyl groups is 1. The Kier molecular flexibility index (Phi) is 2.43. The fourth-order valence-electron chi connectivity index (χ4n) is 2.38. The fourth-order valence-corrected chi connectivity index (χ4v) is 2.38. The van der Waals surface area contributed by atoms with Crippen LogP contribution in [0, 0.1) is 0 Å². The molecule has 13 heavy (non-hydrogen) atoms. The van der Waals surface area contributed by atoms with Gasteiger partial charge in [-0.3, -0.25) is 0 Å². The summed E-state index contributed by atoms with van der Waals surface area (Å²) in [5.41, 5.74) is 0.772. The Morgan fingerprint density at radius 2 is 2.23 bits per heavy atom. The van der Waals surface area contributed by atoms with Gasteiger partial charge in [-0.2, -0.15) is 0 Å². The van der Waals surface area contributed by atoms with Crippen LogP contribution in [0.2, 0.25) is 0 Å². The van der Waals surface area contributed by atoms with Crippen LogP contribution in [0.1, 0.15) is 38.5 Å². The van der Waals surface area contributed by atoms with Crippen LogP contribution in [-0.2, 0) is 4.74 Å². The predicted octanol–water partition coefficient (Wildman–Crippen LogP) is 2.03. The largest absolute Gasteiger partial charge is 0.385 e. The SMILES string of the molecule is COC1CC(O)(C2=CCCCC2)C1. The highest BCUT2D eigenvalue weighted by Gasteiger charge is 2.45. The van der Waals surface area contributed by atoms with E-state index in [1.165, 1.54) is 18.4 Å². The smallest absolute Gasteiger partial charge is 0.0906 e. The van der Waals surface area contributed by atoms with Crippen molar-refractivity contribution in [1.29, 1.82) is 0 Å². The Morgan fingerprint density at radius 3 is 2.77 bits per heavy atom. The van der Waals surface area contributed by atoms with E-state index in [0.29, 0.717) is 0 Å². The van der Waals surface area contributed by atoms with Crippen molar-refractivity contribution in [3.05, 3.63) is 11.6 Å². The van der Waals surface area contributed by atoms with Gasteiger partial charge in [0.2, 0.25) is 0 Å². The lowest BCUT2D eigenvalue weighted by Gasteiger charge is -2.45. The molecule has 0 bridgehead atoms. The second-order valence-corrected chi connectivity index (χ2v) is 4.27. The minimum atomic E-state index is -0.499. The second-order valence-electron chi connectivity index (χ2n) is 4.27. The van der Waals surface area contributed by atoms with Gasteiger partial charge in [0.25, 0.3) is 0 Å². The van der Waals surface area contributed by atoms with E-state index in [0.717, 1.165) is 25.7 Å². The monoisotopic (exact) mass is 182 g/mol. The van der Waals surface area contributed by atoms with E-state index in [9.17, 15) is 5.11 Å². The number of allylic oxidation sites excluding steroid dienone is 1. The molecule has 2 heteroatoms. The van der Waals surface area contributed by atoms with Crippen LogP contribution < -0.4 is 0 Å². The first kappa shape index (κ1) is 9.22. The summed E-state index contributed by atoms with van der Waals surface area (Å²) in [7, 11) is 1.72. The van der Waals surface area contributed by atoms with Crippen molar-refractivity contribution in [3.63, 3.8) is 0 Å². The molecule has 0 amide bonds. The van der Waals surface area contributed by atoms with E-state index in [4.69, 9.17) is 4.74 Å². The van der Waals surface area contributed by atoms with Crippen LogP contribution in [0.5, 0.6) is 0 Å². The Hall–Kier alpha value is -0.340. The summed E-state index contributed by atoms with van der Waals surface area (Å²) >= 11 is 0. The molecule has 0 unspecified atom stereocenters. The Morgan fingerprint density at radius 1 is 1.46 bits per heavy atom. The molecule has 0 aromatic heterocycles. The van der Waals surface area contributed by atoms with E-state index < -0.39 is 5.60 Å². The van der Waals surface area contributed by atoms with Gasteiger partial charge in [-0.25, -0.2) is 0 Å². The van der Waals surface area contributed by atoms with Crippen molar-refractivity contribution in [1.82, 2.24) is 0 Å². The van der Waals surface area contributed by atoms with Crippen molar-refractivity contribution < 1.29 is 9.84 Å². The molecule has 2 aliphatic carbocycles. The summed E-state index contributed by atoms with van der Waals surface area (Å²) in [5, 5.41) is 10.2. The van der Waals surface area contributed by atoms with Gasteiger partial charge in [0, 0.05) is 20.0 Å². The van der Waals surface area contributed by atoms with Gasteiger partial charge in [-0.15, -0.1) is 0 Å². The van der Waals surface area contributed by atoms with Gasteiger partial charge >= 0.3 is 0 Å². The first-order chi connectivity index (χ1) is 6.24. The van der Waals surface area contributed by atoms with Crippen molar-refractivity contribution in [2.24, 2.45) is 0 Å². The highest BCUT2D eigenvalue weighted by atomic mass is 16.5. The van der Waals surface area contributed by atoms with Crippen LogP contribution in [0.4, 0.5) is 0 Å². The molecule has 0 aromatic carbocycles. The van der Waals surface area contributed by atoms with E-state index in [1.54, 1.807) is 7.11 Å². The molecule has 1 fully saturated rings. The molecule has 0 atom stereocenters. The van der Waals surface area contributed by atoms with Gasteiger partial charge in [0.05, 0.1) is 11.7 Å². The third-order valence-corrected chi connectivity index (χ3v) is 3.35. The molecule has 2 rings (SSSR count). The van der Waals surface area contributed by atoms with Gasteiger partial charge in [-0.05, 0) is 31.3 Å². The van der Waals surface area contributed by atoms with Crippen molar-refractivity contribution in [2.75, 3.05) is 7.11 Å². The standard InChI is InChI=1S/C11H18O2/c1-13-10-7-11(12,8-10)9-5-3-2-4-6-9/h5,10,12H,2-4,6-8H2,1H3. The van der Waals surface area contributed by atoms with Crippen molar-refractivity contribution in [2.45, 2.75) is 50.2 Å². The zero-order valence-corrected chi connectivity index (χ0v) is 8.25. The van der Waals surface area contributed by atoms with E-state index in [-0.39, 0.29) is 6.10 Å². The summed E-state index contributed by atoms with van der Waals surface area (Å²) in [6.45, 7) is 0. The second kappa shape index (κ2) is 3.43. The lowest BCUT2D eigenvalue weighted by molar-refractivity contribution is -0.106. The van der Waals surface area contributed by atoms with E-state index in [2.05, 4.69) is 6.08 Å². The third kappa shape index (κ3) is 1.65. The van der Waals surface area contributed by atoms with Crippen LogP contribution in [0.3, 0.4) is 0 Å². The fraction of sp³-hybridized carbons (Fsp3) is 0.818. The first-order valence-electron chi connectivity index (χ1n) is 5.19. The van der Waals surface area contributed by atoms with E-state index in [1.807, 2.05) is 0 Å². The van der Waals surface area contributed by atoms with Crippen molar-refractivity contribution in [3.8, 4) is 0 Å². The first-order valence-corrected chi connectivity index (χ1v) is 5.19. The molecule has 1 saturated carbocycles. The van der Waals surface area contributed by atoms with Crippen LogP contribution in [0.25, 0.3) is 0 Å². The van der Waals surface area contributed by atoms with Crippen LogP contribution in [0.15, 0.2) is 11.6 Å². The van der Waals surface area contributed by atoms with Crippen molar-refractivity contribution >= 4 is 0 Å². The highest BCUT2D eigenvalue weighted by Crippen LogP contribution is 2.43. The zero-order valence-electron chi connectivity index (χ0n) is 8.25. The maximum absolute atomic E-state index is 10.2. The number of ether oxygens (including phenoxy) is 1. The average molecular weight is 182 g/mol. The minimum absolute atomic E-state index is 0.285. The molecular formula is C11H18O2. The highest BCUT2D eigenvalue weighted by molar-refractivity contribution is 5.23. The van der Waals surface area contributed by atoms with Gasteiger partial charge in [-0.1, -0.05) is 6.08 Å². The molecular weight excluding hydrogens is 164 g/mol. The summed E-state index contributed by atoms with van der Waals surface area (Å²) < 4.78 is 5.19. The third-order valence-electron chi connectivity index (χ3n) is 3.35. The molecule has 2 nitrogen and oxygen atoms in total. The molecule has 1 N–H and O–H groups in total. The number of rotatable bonds is 2. The summed E-state index contributed by atoms with van der Waals surface area (Å²) in [6, 6.07) is 0. The molecule has 0 aliphatic heterocycles. The maximum Gasteiger partial charge on any atom is 0.0906 e. The normalized spacial score (nSPS) is 39.5. The Balaban J connectivity index is 1.97. The molecule has 0 aromatic rings. The Bertz CT molecular complexity index is 214. The lowest BCUT2D eigenvalue weighted by atomic mass is 9.70. The Labute approximate surface area is 79.6 Å².